The van der Waals surface area contributed by atoms with Crippen molar-refractivity contribution in [3.05, 3.63) is 29.8 Å². The number of hydrogen-bond acceptors (Lipinski definition) is 6. The van der Waals surface area contributed by atoms with Crippen LogP contribution < -0.4 is 21.7 Å². The summed E-state index contributed by atoms with van der Waals surface area (Å²) < 4.78 is 0. The number of benzene rings is 1. The van der Waals surface area contributed by atoms with E-state index in [4.69, 9.17) is 5.73 Å². The first-order valence-corrected chi connectivity index (χ1v) is 9.19. The van der Waals surface area contributed by atoms with Gasteiger partial charge in [0.1, 0.15) is 17.8 Å². The fourth-order valence-electron chi connectivity index (χ4n) is 2.54. The molecule has 0 fully saturated rings. The average molecular weight is 408 g/mol. The second-order valence-electron chi connectivity index (χ2n) is 7.00. The van der Waals surface area contributed by atoms with Crippen molar-refractivity contribution in [3.63, 3.8) is 0 Å². The Labute approximate surface area is 168 Å². The van der Waals surface area contributed by atoms with Crippen LogP contribution in [-0.4, -0.2) is 59.1 Å². The Hall–Kier alpha value is -3.14. The van der Waals surface area contributed by atoms with Crippen molar-refractivity contribution >= 4 is 23.7 Å². The monoisotopic (exact) mass is 408 g/mol. The number of carboxylic acids is 1. The lowest BCUT2D eigenvalue weighted by molar-refractivity contribution is -0.142. The molecule has 10 nitrogen and oxygen atoms in total. The van der Waals surface area contributed by atoms with Gasteiger partial charge in [0, 0.05) is 6.42 Å². The summed E-state index contributed by atoms with van der Waals surface area (Å²) in [6.07, 6.45) is 0.296. The standard InChI is InChI=1S/C19H28N4O6/c1-11(2)7-14(22-17(26)10-21-16(25)9-20)18(27)23-15(19(28)29)8-12-3-5-13(24)6-4-12/h3-6,11,14-15,24H,7-10,20H2,1-2H3,(H,21,25)(H,22,26)(H,23,27)(H,28,29)/t14-,15-/m0/s1. The van der Waals surface area contributed by atoms with Gasteiger partial charge in [0.05, 0.1) is 13.1 Å². The average Bonchev–Trinajstić information content (AvgIpc) is 2.66. The molecule has 0 unspecified atom stereocenters. The minimum atomic E-state index is -1.23. The quantitative estimate of drug-likeness (QED) is 0.276. The molecule has 0 heterocycles. The van der Waals surface area contributed by atoms with Gasteiger partial charge < -0.3 is 31.9 Å². The lowest BCUT2D eigenvalue weighted by Crippen LogP contribution is -2.54. The number of phenols is 1. The van der Waals surface area contributed by atoms with Crippen molar-refractivity contribution in [3.8, 4) is 5.75 Å². The smallest absolute Gasteiger partial charge is 0.326 e. The fraction of sp³-hybridized carbons (Fsp3) is 0.474. The molecule has 0 bridgehead atoms. The summed E-state index contributed by atoms with van der Waals surface area (Å²) in [4.78, 5) is 47.4. The van der Waals surface area contributed by atoms with Crippen LogP contribution in [0.5, 0.6) is 5.75 Å². The summed E-state index contributed by atoms with van der Waals surface area (Å²) >= 11 is 0. The Balaban J connectivity index is 2.79. The highest BCUT2D eigenvalue weighted by Crippen LogP contribution is 2.12. The molecular weight excluding hydrogens is 380 g/mol. The van der Waals surface area contributed by atoms with Crippen molar-refractivity contribution in [2.45, 2.75) is 38.8 Å². The molecule has 1 aromatic rings. The summed E-state index contributed by atoms with van der Waals surface area (Å²) in [5.74, 6) is -2.86. The van der Waals surface area contributed by atoms with Gasteiger partial charge in [-0.3, -0.25) is 14.4 Å². The van der Waals surface area contributed by atoms with Gasteiger partial charge in [0.25, 0.3) is 0 Å². The third kappa shape index (κ3) is 9.06. The first kappa shape index (κ1) is 23.9. The summed E-state index contributed by atoms with van der Waals surface area (Å²) in [6.45, 7) is 3.11. The molecule has 3 amide bonds. The zero-order chi connectivity index (χ0) is 22.0. The molecule has 0 radical (unpaired) electrons. The molecule has 1 aromatic carbocycles. The number of aromatic hydroxyl groups is 1. The Kier molecular flexibility index (Phi) is 9.60. The largest absolute Gasteiger partial charge is 0.508 e. The normalized spacial score (nSPS) is 12.7. The number of rotatable bonds is 11. The van der Waals surface area contributed by atoms with Crippen LogP contribution in [0.1, 0.15) is 25.8 Å². The van der Waals surface area contributed by atoms with Gasteiger partial charge in [-0.2, -0.15) is 0 Å². The number of carbonyl (C=O) groups excluding carboxylic acids is 3. The van der Waals surface area contributed by atoms with Gasteiger partial charge >= 0.3 is 5.97 Å². The van der Waals surface area contributed by atoms with Crippen molar-refractivity contribution in [2.24, 2.45) is 11.7 Å². The first-order chi connectivity index (χ1) is 13.6. The molecule has 0 aliphatic rings. The van der Waals surface area contributed by atoms with E-state index in [1.807, 2.05) is 13.8 Å². The molecule has 29 heavy (non-hydrogen) atoms. The summed E-state index contributed by atoms with van der Waals surface area (Å²) in [7, 11) is 0. The molecule has 10 heteroatoms. The van der Waals surface area contributed by atoms with E-state index in [1.165, 1.54) is 12.1 Å². The highest BCUT2D eigenvalue weighted by molar-refractivity contribution is 5.92. The number of nitrogens with one attached hydrogen (secondary N) is 3. The zero-order valence-electron chi connectivity index (χ0n) is 16.5. The maximum atomic E-state index is 12.6. The second kappa shape index (κ2) is 11.6. The van der Waals surface area contributed by atoms with Crippen LogP contribution in [0.2, 0.25) is 0 Å². The van der Waals surface area contributed by atoms with E-state index in [0.717, 1.165) is 0 Å². The Morgan fingerprint density at radius 1 is 1.00 bits per heavy atom. The second-order valence-corrected chi connectivity index (χ2v) is 7.00. The molecule has 0 aliphatic heterocycles. The lowest BCUT2D eigenvalue weighted by atomic mass is 10.0. The molecule has 0 spiro atoms. The van der Waals surface area contributed by atoms with Crippen molar-refractivity contribution < 1.29 is 29.4 Å². The number of phenolic OH excluding ortho intramolecular Hbond substituents is 1. The third-order valence-electron chi connectivity index (χ3n) is 3.98. The first-order valence-electron chi connectivity index (χ1n) is 9.19. The highest BCUT2D eigenvalue weighted by atomic mass is 16.4. The van der Waals surface area contributed by atoms with Gasteiger partial charge in [0.15, 0.2) is 0 Å². The van der Waals surface area contributed by atoms with E-state index in [1.54, 1.807) is 12.1 Å². The minimum absolute atomic E-state index is 0.0102. The maximum Gasteiger partial charge on any atom is 0.326 e. The van der Waals surface area contributed by atoms with E-state index >= 15 is 0 Å². The number of aliphatic carboxylic acids is 1. The number of hydrogen-bond donors (Lipinski definition) is 6. The summed E-state index contributed by atoms with van der Waals surface area (Å²) in [6, 6.07) is 3.80. The Morgan fingerprint density at radius 2 is 1.62 bits per heavy atom. The predicted molar refractivity (Wildman–Crippen MR) is 105 cm³/mol. The van der Waals surface area contributed by atoms with E-state index < -0.39 is 35.8 Å². The van der Waals surface area contributed by atoms with Crippen LogP contribution in [0.15, 0.2) is 24.3 Å². The van der Waals surface area contributed by atoms with Gasteiger partial charge in [-0.15, -0.1) is 0 Å². The molecule has 1 rings (SSSR count). The minimum Gasteiger partial charge on any atom is -0.508 e. The van der Waals surface area contributed by atoms with Crippen molar-refractivity contribution in [1.29, 1.82) is 0 Å². The summed E-state index contributed by atoms with van der Waals surface area (Å²) in [5, 5.41) is 26.0. The number of carboxylic acid groups (broad SMARTS) is 1. The Morgan fingerprint density at radius 3 is 2.14 bits per heavy atom. The fourth-order valence-corrected chi connectivity index (χ4v) is 2.54. The van der Waals surface area contributed by atoms with Crippen LogP contribution in [-0.2, 0) is 25.6 Å². The zero-order valence-corrected chi connectivity index (χ0v) is 16.5. The molecule has 0 aromatic heterocycles. The number of amides is 3. The van der Waals surface area contributed by atoms with E-state index in [9.17, 15) is 29.4 Å². The predicted octanol–water partition coefficient (Wildman–Crippen LogP) is -0.890. The number of nitrogens with two attached hydrogens (primary N) is 1. The SMILES string of the molecule is CC(C)C[C@H](NC(=O)CNC(=O)CN)C(=O)N[C@@H](Cc1ccc(O)cc1)C(=O)O. The van der Waals surface area contributed by atoms with E-state index in [2.05, 4.69) is 16.0 Å². The van der Waals surface area contributed by atoms with Crippen LogP contribution in [0.4, 0.5) is 0 Å². The molecular formula is C19H28N4O6. The highest BCUT2D eigenvalue weighted by Gasteiger charge is 2.27. The van der Waals surface area contributed by atoms with Crippen LogP contribution in [0, 0.1) is 5.92 Å². The van der Waals surface area contributed by atoms with Crippen LogP contribution in [0.3, 0.4) is 0 Å². The summed E-state index contributed by atoms with van der Waals surface area (Å²) in [5.41, 5.74) is 5.77. The van der Waals surface area contributed by atoms with E-state index in [0.29, 0.717) is 5.56 Å². The third-order valence-corrected chi connectivity index (χ3v) is 3.98. The maximum absolute atomic E-state index is 12.6. The molecule has 160 valence electrons. The lowest BCUT2D eigenvalue weighted by Gasteiger charge is -2.23. The molecule has 0 saturated carbocycles. The molecule has 2 atom stereocenters. The van der Waals surface area contributed by atoms with Crippen molar-refractivity contribution in [1.82, 2.24) is 16.0 Å². The number of carbonyl (C=O) groups is 4. The molecule has 0 aliphatic carbocycles. The van der Waals surface area contributed by atoms with Gasteiger partial charge in [-0.05, 0) is 30.0 Å². The van der Waals surface area contributed by atoms with Gasteiger partial charge in [0.2, 0.25) is 17.7 Å². The van der Waals surface area contributed by atoms with Crippen molar-refractivity contribution in [2.75, 3.05) is 13.1 Å². The van der Waals surface area contributed by atoms with Gasteiger partial charge in [-0.1, -0.05) is 26.0 Å². The van der Waals surface area contributed by atoms with E-state index in [-0.39, 0.29) is 37.6 Å². The van der Waals surface area contributed by atoms with Gasteiger partial charge in [-0.25, -0.2) is 4.79 Å². The van der Waals surface area contributed by atoms with Crippen LogP contribution in [0.25, 0.3) is 0 Å². The molecule has 0 saturated heterocycles. The topological polar surface area (TPSA) is 171 Å². The Bertz CT molecular complexity index is 720. The molecule has 7 N–H and O–H groups in total. The van der Waals surface area contributed by atoms with Crippen LogP contribution >= 0.6 is 0 Å².